The Morgan fingerprint density at radius 2 is 2.08 bits per heavy atom. The van der Waals surface area contributed by atoms with Crippen LogP contribution in [0.1, 0.15) is 28.8 Å². The van der Waals surface area contributed by atoms with Gasteiger partial charge in [0.15, 0.2) is 0 Å². The third-order valence-electron chi connectivity index (χ3n) is 4.50. The molecule has 1 heterocycles. The van der Waals surface area contributed by atoms with Crippen LogP contribution < -0.4 is 5.32 Å². The first-order chi connectivity index (χ1) is 12.2. The van der Waals surface area contributed by atoms with Gasteiger partial charge in [-0.25, -0.2) is 4.79 Å². The van der Waals surface area contributed by atoms with Gasteiger partial charge in [-0.15, -0.1) is 0 Å². The Balaban J connectivity index is 1.63. The van der Waals surface area contributed by atoms with Crippen LogP contribution in [-0.2, 0) is 11.3 Å². The number of rotatable bonds is 5. The van der Waals surface area contributed by atoms with E-state index in [4.69, 9.17) is 16.3 Å². The number of hydrogen-bond donors (Lipinski definition) is 1. The standard InChI is InChI=1S/C20H23ClN2O2/c1-25-20(24)18-12-16(9-10-19(18)21)22-17-8-5-11-23(14-17)13-15-6-3-2-4-7-15/h2-4,6-7,9-10,12,17,22H,5,8,11,13-14H2,1H3. The molecule has 0 bridgehead atoms. The summed E-state index contributed by atoms with van der Waals surface area (Å²) < 4.78 is 4.79. The van der Waals surface area contributed by atoms with Crippen molar-refractivity contribution in [2.45, 2.75) is 25.4 Å². The van der Waals surface area contributed by atoms with E-state index in [-0.39, 0.29) is 0 Å². The van der Waals surface area contributed by atoms with Crippen LogP contribution in [0.25, 0.3) is 0 Å². The summed E-state index contributed by atoms with van der Waals surface area (Å²) in [5, 5.41) is 3.94. The van der Waals surface area contributed by atoms with Crippen LogP contribution in [0.2, 0.25) is 5.02 Å². The number of methoxy groups -OCH3 is 1. The van der Waals surface area contributed by atoms with Gasteiger partial charge in [-0.05, 0) is 43.1 Å². The van der Waals surface area contributed by atoms with E-state index in [0.29, 0.717) is 16.6 Å². The topological polar surface area (TPSA) is 41.6 Å². The maximum Gasteiger partial charge on any atom is 0.339 e. The van der Waals surface area contributed by atoms with Crippen LogP contribution in [0.15, 0.2) is 48.5 Å². The molecule has 5 heteroatoms. The molecule has 1 aliphatic rings. The number of likely N-dealkylation sites (tertiary alicyclic amines) is 1. The SMILES string of the molecule is COC(=O)c1cc(NC2CCCN(Cc3ccccc3)C2)ccc1Cl. The molecular formula is C20H23ClN2O2. The molecule has 25 heavy (non-hydrogen) atoms. The number of ether oxygens (including phenoxy) is 1. The molecule has 1 unspecified atom stereocenters. The van der Waals surface area contributed by atoms with E-state index in [1.807, 2.05) is 12.1 Å². The zero-order valence-corrected chi connectivity index (χ0v) is 15.1. The molecule has 0 amide bonds. The highest BCUT2D eigenvalue weighted by Crippen LogP contribution is 2.24. The van der Waals surface area contributed by atoms with E-state index in [1.54, 1.807) is 12.1 Å². The summed E-state index contributed by atoms with van der Waals surface area (Å²) in [6, 6.07) is 16.3. The van der Waals surface area contributed by atoms with Crippen LogP contribution in [-0.4, -0.2) is 37.1 Å². The van der Waals surface area contributed by atoms with E-state index in [2.05, 4.69) is 34.5 Å². The quantitative estimate of drug-likeness (QED) is 0.813. The number of halogens is 1. The third kappa shape index (κ3) is 4.74. The smallest absolute Gasteiger partial charge is 0.339 e. The normalized spacial score (nSPS) is 17.9. The molecule has 0 saturated carbocycles. The lowest BCUT2D eigenvalue weighted by atomic mass is 10.0. The number of carbonyl (C=O) groups excluding carboxylic acids is 1. The molecular weight excluding hydrogens is 336 g/mol. The summed E-state index contributed by atoms with van der Waals surface area (Å²) in [5.74, 6) is -0.414. The number of nitrogens with one attached hydrogen (secondary N) is 1. The van der Waals surface area contributed by atoms with E-state index >= 15 is 0 Å². The van der Waals surface area contributed by atoms with Crippen LogP contribution in [0.3, 0.4) is 0 Å². The zero-order chi connectivity index (χ0) is 17.6. The molecule has 1 aliphatic heterocycles. The summed E-state index contributed by atoms with van der Waals surface area (Å²) in [4.78, 5) is 14.3. The van der Waals surface area contributed by atoms with Gasteiger partial charge in [0.25, 0.3) is 0 Å². The molecule has 3 rings (SSSR count). The van der Waals surface area contributed by atoms with Crippen molar-refractivity contribution in [3.63, 3.8) is 0 Å². The van der Waals surface area contributed by atoms with Crippen molar-refractivity contribution >= 4 is 23.3 Å². The third-order valence-corrected chi connectivity index (χ3v) is 4.83. The fourth-order valence-corrected chi connectivity index (χ4v) is 3.47. The average Bonchev–Trinajstić information content (AvgIpc) is 2.64. The minimum atomic E-state index is -0.414. The molecule has 1 saturated heterocycles. The lowest BCUT2D eigenvalue weighted by Gasteiger charge is -2.33. The summed E-state index contributed by atoms with van der Waals surface area (Å²) in [5.41, 5.74) is 2.63. The second-order valence-corrected chi connectivity index (χ2v) is 6.80. The number of piperidine rings is 1. The van der Waals surface area contributed by atoms with E-state index in [1.165, 1.54) is 12.7 Å². The molecule has 2 aromatic carbocycles. The van der Waals surface area contributed by atoms with Crippen molar-refractivity contribution in [1.29, 1.82) is 0 Å². The van der Waals surface area contributed by atoms with Crippen LogP contribution in [0.5, 0.6) is 0 Å². The van der Waals surface area contributed by atoms with Crippen LogP contribution >= 0.6 is 11.6 Å². The van der Waals surface area contributed by atoms with Gasteiger partial charge in [0.1, 0.15) is 0 Å². The molecule has 0 spiro atoms. The number of hydrogen-bond acceptors (Lipinski definition) is 4. The Bertz CT molecular complexity index is 721. The van der Waals surface area contributed by atoms with Gasteiger partial charge in [0.2, 0.25) is 0 Å². The fourth-order valence-electron chi connectivity index (χ4n) is 3.28. The highest BCUT2D eigenvalue weighted by Gasteiger charge is 2.20. The summed E-state index contributed by atoms with van der Waals surface area (Å²) in [6.07, 6.45) is 2.27. The van der Waals surface area contributed by atoms with E-state index in [0.717, 1.165) is 38.2 Å². The van der Waals surface area contributed by atoms with Gasteiger partial charge >= 0.3 is 5.97 Å². The van der Waals surface area contributed by atoms with Gasteiger partial charge in [-0.2, -0.15) is 0 Å². The highest BCUT2D eigenvalue weighted by atomic mass is 35.5. The number of anilines is 1. The highest BCUT2D eigenvalue weighted by molar-refractivity contribution is 6.33. The predicted octanol–water partition coefficient (Wildman–Crippen LogP) is 4.20. The summed E-state index contributed by atoms with van der Waals surface area (Å²) in [6.45, 7) is 3.05. The van der Waals surface area contributed by atoms with Gasteiger partial charge in [-0.1, -0.05) is 41.9 Å². The van der Waals surface area contributed by atoms with Crippen LogP contribution in [0.4, 0.5) is 5.69 Å². The first-order valence-electron chi connectivity index (χ1n) is 8.56. The number of carbonyl (C=O) groups is 1. The molecule has 1 N–H and O–H groups in total. The largest absolute Gasteiger partial charge is 0.465 e. The monoisotopic (exact) mass is 358 g/mol. The molecule has 132 valence electrons. The Kier molecular flexibility index (Phi) is 5.95. The first-order valence-corrected chi connectivity index (χ1v) is 8.94. The molecule has 2 aromatic rings. The lowest BCUT2D eigenvalue weighted by Crippen LogP contribution is -2.41. The molecule has 0 aromatic heterocycles. The fraction of sp³-hybridized carbons (Fsp3) is 0.350. The molecule has 0 aliphatic carbocycles. The van der Waals surface area contributed by atoms with Gasteiger partial charge in [0, 0.05) is 24.8 Å². The van der Waals surface area contributed by atoms with Crippen molar-refractivity contribution < 1.29 is 9.53 Å². The Labute approximate surface area is 153 Å². The second kappa shape index (κ2) is 8.37. The van der Waals surface area contributed by atoms with Gasteiger partial charge < -0.3 is 10.1 Å². The molecule has 0 radical (unpaired) electrons. The van der Waals surface area contributed by atoms with Crippen molar-refractivity contribution in [3.8, 4) is 0 Å². The van der Waals surface area contributed by atoms with Crippen molar-refractivity contribution in [3.05, 3.63) is 64.7 Å². The Morgan fingerprint density at radius 3 is 2.84 bits per heavy atom. The summed E-state index contributed by atoms with van der Waals surface area (Å²) >= 11 is 6.09. The predicted molar refractivity (Wildman–Crippen MR) is 101 cm³/mol. The van der Waals surface area contributed by atoms with E-state index < -0.39 is 5.97 Å². The Morgan fingerprint density at radius 1 is 1.28 bits per heavy atom. The summed E-state index contributed by atoms with van der Waals surface area (Å²) in [7, 11) is 1.36. The van der Waals surface area contributed by atoms with Crippen LogP contribution in [0, 0.1) is 0 Å². The maximum absolute atomic E-state index is 11.8. The molecule has 1 atom stereocenters. The minimum Gasteiger partial charge on any atom is -0.465 e. The second-order valence-electron chi connectivity index (χ2n) is 6.39. The molecule has 4 nitrogen and oxygen atoms in total. The van der Waals surface area contributed by atoms with Gasteiger partial charge in [-0.3, -0.25) is 4.90 Å². The number of esters is 1. The number of nitrogens with zero attached hydrogens (tertiary/aromatic N) is 1. The Hall–Kier alpha value is -2.04. The lowest BCUT2D eigenvalue weighted by molar-refractivity contribution is 0.0601. The van der Waals surface area contributed by atoms with E-state index in [9.17, 15) is 4.79 Å². The minimum absolute atomic E-state index is 0.351. The zero-order valence-electron chi connectivity index (χ0n) is 14.4. The average molecular weight is 359 g/mol. The molecule has 1 fully saturated rings. The van der Waals surface area contributed by atoms with Crippen molar-refractivity contribution in [2.75, 3.05) is 25.5 Å². The van der Waals surface area contributed by atoms with Crippen molar-refractivity contribution in [1.82, 2.24) is 4.90 Å². The van der Waals surface area contributed by atoms with Crippen molar-refractivity contribution in [2.24, 2.45) is 0 Å². The maximum atomic E-state index is 11.8. The van der Waals surface area contributed by atoms with Gasteiger partial charge in [0.05, 0.1) is 17.7 Å². The number of benzene rings is 2. The first kappa shape index (κ1) is 17.8.